The van der Waals surface area contributed by atoms with Crippen LogP contribution in [0.3, 0.4) is 0 Å². The summed E-state index contributed by atoms with van der Waals surface area (Å²) >= 11 is 0. The minimum absolute atomic E-state index is 0.228. The van der Waals surface area contributed by atoms with Crippen molar-refractivity contribution in [2.45, 2.75) is 25.8 Å². The van der Waals surface area contributed by atoms with Crippen molar-refractivity contribution in [2.75, 3.05) is 11.4 Å². The number of fused-ring (bicyclic) bond motifs is 1. The van der Waals surface area contributed by atoms with E-state index in [1.165, 1.54) is 0 Å². The van der Waals surface area contributed by atoms with Crippen LogP contribution in [0.5, 0.6) is 0 Å². The highest BCUT2D eigenvalue weighted by Gasteiger charge is 2.26. The number of aromatic amines is 1. The fourth-order valence-electron chi connectivity index (χ4n) is 3.29. The van der Waals surface area contributed by atoms with Crippen molar-refractivity contribution in [1.29, 1.82) is 0 Å². The Morgan fingerprint density at radius 1 is 1.29 bits per heavy atom. The average molecular weight is 322 g/mol. The van der Waals surface area contributed by atoms with Crippen LogP contribution in [0.1, 0.15) is 30.1 Å². The van der Waals surface area contributed by atoms with Crippen LogP contribution in [0.2, 0.25) is 0 Å². The third-order valence-electron chi connectivity index (χ3n) is 4.59. The Balaban J connectivity index is 1.94. The molecule has 6 nitrogen and oxygen atoms in total. The first-order valence-corrected chi connectivity index (χ1v) is 8.08. The monoisotopic (exact) mass is 322 g/mol. The number of H-pyrrole nitrogens is 1. The Bertz CT molecular complexity index is 905. The smallest absolute Gasteiger partial charge is 0.335 e. The summed E-state index contributed by atoms with van der Waals surface area (Å²) < 4.78 is 0. The van der Waals surface area contributed by atoms with Gasteiger partial charge >= 0.3 is 5.97 Å². The molecule has 1 fully saturated rings. The average Bonchev–Trinajstić information content (AvgIpc) is 3.24. The minimum Gasteiger partial charge on any atom is -0.478 e. The molecular weight excluding hydrogens is 304 g/mol. The Hall–Kier alpha value is -2.89. The van der Waals surface area contributed by atoms with Gasteiger partial charge in [-0.25, -0.2) is 14.8 Å². The number of hydrogen-bond donors (Lipinski definition) is 2. The van der Waals surface area contributed by atoms with Gasteiger partial charge in [-0.05, 0) is 44.0 Å². The molecule has 122 valence electrons. The topological polar surface area (TPSA) is 82.1 Å². The van der Waals surface area contributed by atoms with Gasteiger partial charge in [0.1, 0.15) is 5.69 Å². The first-order valence-electron chi connectivity index (χ1n) is 8.08. The quantitative estimate of drug-likeness (QED) is 0.773. The van der Waals surface area contributed by atoms with E-state index >= 15 is 0 Å². The number of aromatic carboxylic acids is 1. The standard InChI is InChI=1S/C18H18N4O2/c1-11-3-2-8-22(11)17-16(13-6-7-19-10-13)20-14-5-4-12(18(23)24)9-15(14)21-17/h4-7,9-11,19H,2-3,8H2,1H3,(H,23,24). The maximum atomic E-state index is 11.2. The van der Waals surface area contributed by atoms with Gasteiger partial charge in [0.25, 0.3) is 0 Å². The Morgan fingerprint density at radius 3 is 2.83 bits per heavy atom. The fraction of sp³-hybridized carbons (Fsp3) is 0.278. The lowest BCUT2D eigenvalue weighted by atomic mass is 10.1. The molecule has 3 aromatic rings. The molecule has 1 unspecified atom stereocenters. The van der Waals surface area contributed by atoms with Crippen LogP contribution in [0.15, 0.2) is 36.7 Å². The molecule has 1 atom stereocenters. The lowest BCUT2D eigenvalue weighted by molar-refractivity contribution is 0.0697. The largest absolute Gasteiger partial charge is 0.478 e. The van der Waals surface area contributed by atoms with E-state index in [2.05, 4.69) is 16.8 Å². The van der Waals surface area contributed by atoms with E-state index in [9.17, 15) is 9.90 Å². The molecule has 0 bridgehead atoms. The number of rotatable bonds is 3. The first kappa shape index (κ1) is 14.7. The van der Waals surface area contributed by atoms with Gasteiger partial charge in [0, 0.05) is 30.5 Å². The highest BCUT2D eigenvalue weighted by molar-refractivity contribution is 5.93. The number of carbonyl (C=O) groups is 1. The zero-order chi connectivity index (χ0) is 16.7. The Morgan fingerprint density at radius 2 is 2.17 bits per heavy atom. The van der Waals surface area contributed by atoms with E-state index in [0.717, 1.165) is 36.5 Å². The van der Waals surface area contributed by atoms with Crippen molar-refractivity contribution in [3.63, 3.8) is 0 Å². The number of anilines is 1. The summed E-state index contributed by atoms with van der Waals surface area (Å²) in [7, 11) is 0. The van der Waals surface area contributed by atoms with Crippen molar-refractivity contribution < 1.29 is 9.90 Å². The fourth-order valence-corrected chi connectivity index (χ4v) is 3.29. The highest BCUT2D eigenvalue weighted by atomic mass is 16.4. The van der Waals surface area contributed by atoms with Gasteiger partial charge in [-0.15, -0.1) is 0 Å². The molecule has 0 saturated carbocycles. The number of nitrogens with one attached hydrogen (secondary N) is 1. The van der Waals surface area contributed by atoms with E-state index in [-0.39, 0.29) is 5.56 Å². The second-order valence-electron chi connectivity index (χ2n) is 6.19. The number of carboxylic acids is 1. The summed E-state index contributed by atoms with van der Waals surface area (Å²) in [4.78, 5) is 26.1. The summed E-state index contributed by atoms with van der Waals surface area (Å²) in [6.07, 6.45) is 6.03. The molecule has 3 heterocycles. The van der Waals surface area contributed by atoms with Gasteiger partial charge in [-0.2, -0.15) is 0 Å². The zero-order valence-electron chi connectivity index (χ0n) is 13.4. The third kappa shape index (κ3) is 2.40. The number of benzene rings is 1. The van der Waals surface area contributed by atoms with Crippen LogP contribution in [0, 0.1) is 0 Å². The second kappa shape index (κ2) is 5.63. The summed E-state index contributed by atoms with van der Waals surface area (Å²) in [6, 6.07) is 7.26. The Kier molecular flexibility index (Phi) is 3.45. The van der Waals surface area contributed by atoms with Crippen molar-refractivity contribution >= 4 is 22.8 Å². The molecular formula is C18H18N4O2. The van der Waals surface area contributed by atoms with Crippen LogP contribution in [0.4, 0.5) is 5.82 Å². The maximum Gasteiger partial charge on any atom is 0.335 e. The van der Waals surface area contributed by atoms with Crippen LogP contribution < -0.4 is 4.90 Å². The van der Waals surface area contributed by atoms with Gasteiger partial charge in [-0.3, -0.25) is 0 Å². The number of hydrogen-bond acceptors (Lipinski definition) is 4. The molecule has 1 aromatic carbocycles. The van der Waals surface area contributed by atoms with E-state index in [0.29, 0.717) is 17.1 Å². The van der Waals surface area contributed by atoms with Crippen molar-refractivity contribution in [3.8, 4) is 11.3 Å². The van der Waals surface area contributed by atoms with Gasteiger partial charge in [-0.1, -0.05) is 0 Å². The van der Waals surface area contributed by atoms with Crippen molar-refractivity contribution in [2.24, 2.45) is 0 Å². The van der Waals surface area contributed by atoms with Gasteiger partial charge in [0.2, 0.25) is 0 Å². The molecule has 1 saturated heterocycles. The van der Waals surface area contributed by atoms with E-state index < -0.39 is 5.97 Å². The molecule has 0 aliphatic carbocycles. The molecule has 1 aliphatic rings. The summed E-state index contributed by atoms with van der Waals surface area (Å²) in [5.41, 5.74) is 3.36. The van der Waals surface area contributed by atoms with E-state index in [4.69, 9.17) is 9.97 Å². The van der Waals surface area contributed by atoms with Gasteiger partial charge < -0.3 is 15.0 Å². The predicted molar refractivity (Wildman–Crippen MR) is 92.3 cm³/mol. The lowest BCUT2D eigenvalue weighted by Gasteiger charge is -2.24. The minimum atomic E-state index is -0.954. The molecule has 2 N–H and O–H groups in total. The van der Waals surface area contributed by atoms with E-state index in [1.54, 1.807) is 18.2 Å². The molecule has 2 aromatic heterocycles. The summed E-state index contributed by atoms with van der Waals surface area (Å²) in [6.45, 7) is 3.13. The summed E-state index contributed by atoms with van der Waals surface area (Å²) in [5, 5.41) is 9.21. The molecule has 0 radical (unpaired) electrons. The third-order valence-corrected chi connectivity index (χ3v) is 4.59. The van der Waals surface area contributed by atoms with Crippen molar-refractivity contribution in [3.05, 3.63) is 42.2 Å². The van der Waals surface area contributed by atoms with Crippen LogP contribution in [0.25, 0.3) is 22.3 Å². The number of aromatic nitrogens is 3. The molecule has 4 rings (SSSR count). The normalized spacial score (nSPS) is 17.5. The molecule has 0 spiro atoms. The first-order chi connectivity index (χ1) is 11.6. The molecule has 6 heteroatoms. The van der Waals surface area contributed by atoms with E-state index in [1.807, 2.05) is 18.5 Å². The Labute approximate surface area is 139 Å². The number of carboxylic acid groups (broad SMARTS) is 1. The molecule has 1 aliphatic heterocycles. The van der Waals surface area contributed by atoms with Crippen LogP contribution >= 0.6 is 0 Å². The van der Waals surface area contributed by atoms with Gasteiger partial charge in [0.05, 0.1) is 16.6 Å². The zero-order valence-corrected chi connectivity index (χ0v) is 13.4. The highest BCUT2D eigenvalue weighted by Crippen LogP contribution is 2.33. The predicted octanol–water partition coefficient (Wildman–Crippen LogP) is 3.31. The lowest BCUT2D eigenvalue weighted by Crippen LogP contribution is -2.28. The van der Waals surface area contributed by atoms with Gasteiger partial charge in [0.15, 0.2) is 5.82 Å². The maximum absolute atomic E-state index is 11.2. The molecule has 0 amide bonds. The number of nitrogens with zero attached hydrogens (tertiary/aromatic N) is 3. The molecule has 24 heavy (non-hydrogen) atoms. The van der Waals surface area contributed by atoms with Crippen molar-refractivity contribution in [1.82, 2.24) is 15.0 Å². The van der Waals surface area contributed by atoms with Crippen LogP contribution in [-0.4, -0.2) is 38.6 Å². The SMILES string of the molecule is CC1CCCN1c1nc2cc(C(=O)O)ccc2nc1-c1cc[nH]c1. The second-order valence-corrected chi connectivity index (χ2v) is 6.19. The van der Waals surface area contributed by atoms with Crippen LogP contribution in [-0.2, 0) is 0 Å². The summed E-state index contributed by atoms with van der Waals surface area (Å²) in [5.74, 6) is -0.126.